The lowest BCUT2D eigenvalue weighted by molar-refractivity contribution is 0.0488. The monoisotopic (exact) mass is 274 g/mol. The molecule has 1 atom stereocenters. The van der Waals surface area contributed by atoms with Crippen molar-refractivity contribution >= 4 is 5.97 Å². The van der Waals surface area contributed by atoms with Crippen molar-refractivity contribution in [3.8, 4) is 0 Å². The van der Waals surface area contributed by atoms with Crippen LogP contribution >= 0.6 is 0 Å². The normalized spacial score (nSPS) is 12.1. The SMILES string of the molecule is CCOC(=O)c1occc1CNC(C)c1ccccn1. The number of nitrogens with zero attached hydrogens (tertiary/aromatic N) is 1. The molecule has 0 saturated heterocycles. The fourth-order valence-corrected chi connectivity index (χ4v) is 1.85. The number of carbonyl (C=O) groups excluding carboxylic acids is 1. The van der Waals surface area contributed by atoms with Crippen LogP contribution in [0.25, 0.3) is 0 Å². The van der Waals surface area contributed by atoms with Gasteiger partial charge in [0.15, 0.2) is 0 Å². The van der Waals surface area contributed by atoms with Gasteiger partial charge < -0.3 is 14.5 Å². The zero-order valence-electron chi connectivity index (χ0n) is 11.6. The Morgan fingerprint density at radius 1 is 1.45 bits per heavy atom. The van der Waals surface area contributed by atoms with Crippen molar-refractivity contribution in [2.45, 2.75) is 26.4 Å². The van der Waals surface area contributed by atoms with Crippen LogP contribution in [0.2, 0.25) is 0 Å². The lowest BCUT2D eigenvalue weighted by atomic mass is 10.2. The fourth-order valence-electron chi connectivity index (χ4n) is 1.85. The summed E-state index contributed by atoms with van der Waals surface area (Å²) in [5, 5.41) is 3.31. The number of hydrogen-bond donors (Lipinski definition) is 1. The minimum atomic E-state index is -0.431. The fraction of sp³-hybridized carbons (Fsp3) is 0.333. The number of esters is 1. The second kappa shape index (κ2) is 6.86. The summed E-state index contributed by atoms with van der Waals surface area (Å²) in [4.78, 5) is 16.0. The number of nitrogens with one attached hydrogen (secondary N) is 1. The third kappa shape index (κ3) is 3.45. The highest BCUT2D eigenvalue weighted by molar-refractivity contribution is 5.87. The van der Waals surface area contributed by atoms with Gasteiger partial charge in [0.1, 0.15) is 0 Å². The Labute approximate surface area is 118 Å². The molecule has 2 rings (SSSR count). The standard InChI is InChI=1S/C15H18N2O3/c1-3-19-15(18)14-12(7-9-20-14)10-17-11(2)13-6-4-5-8-16-13/h4-9,11,17H,3,10H2,1-2H3. The van der Waals surface area contributed by atoms with E-state index in [2.05, 4.69) is 10.3 Å². The average Bonchev–Trinajstić information content (AvgIpc) is 2.94. The second-order valence-corrected chi connectivity index (χ2v) is 4.35. The van der Waals surface area contributed by atoms with Gasteiger partial charge in [-0.25, -0.2) is 4.79 Å². The van der Waals surface area contributed by atoms with E-state index >= 15 is 0 Å². The molecule has 0 saturated carbocycles. The first-order chi connectivity index (χ1) is 9.72. The highest BCUT2D eigenvalue weighted by atomic mass is 16.5. The van der Waals surface area contributed by atoms with Gasteiger partial charge in [-0.1, -0.05) is 6.07 Å². The van der Waals surface area contributed by atoms with Crippen LogP contribution in [0.3, 0.4) is 0 Å². The number of furan rings is 1. The van der Waals surface area contributed by atoms with E-state index in [1.165, 1.54) is 6.26 Å². The zero-order valence-corrected chi connectivity index (χ0v) is 11.6. The summed E-state index contributed by atoms with van der Waals surface area (Å²) in [5.74, 6) is -0.174. The van der Waals surface area contributed by atoms with Gasteiger partial charge in [0.2, 0.25) is 5.76 Å². The van der Waals surface area contributed by atoms with E-state index in [1.54, 1.807) is 19.2 Å². The van der Waals surface area contributed by atoms with Crippen LogP contribution in [0.1, 0.15) is 41.7 Å². The number of hydrogen-bond acceptors (Lipinski definition) is 5. The Bertz CT molecular complexity index is 551. The van der Waals surface area contributed by atoms with E-state index in [9.17, 15) is 4.79 Å². The third-order valence-electron chi connectivity index (χ3n) is 2.94. The number of pyridine rings is 1. The van der Waals surface area contributed by atoms with E-state index in [4.69, 9.17) is 9.15 Å². The Kier molecular flexibility index (Phi) is 4.90. The van der Waals surface area contributed by atoms with Crippen molar-refractivity contribution in [2.75, 3.05) is 6.61 Å². The Morgan fingerprint density at radius 2 is 2.30 bits per heavy atom. The van der Waals surface area contributed by atoms with E-state index in [0.717, 1.165) is 11.3 Å². The summed E-state index contributed by atoms with van der Waals surface area (Å²) in [6.45, 7) is 4.63. The molecule has 2 heterocycles. The topological polar surface area (TPSA) is 64.4 Å². The van der Waals surface area contributed by atoms with Gasteiger partial charge in [-0.05, 0) is 32.0 Å². The van der Waals surface area contributed by atoms with Crippen LogP contribution in [-0.4, -0.2) is 17.6 Å². The van der Waals surface area contributed by atoms with E-state index in [-0.39, 0.29) is 11.8 Å². The third-order valence-corrected chi connectivity index (χ3v) is 2.94. The Hall–Kier alpha value is -2.14. The van der Waals surface area contributed by atoms with Gasteiger partial charge in [-0.2, -0.15) is 0 Å². The summed E-state index contributed by atoms with van der Waals surface area (Å²) < 4.78 is 10.1. The molecule has 0 amide bonds. The second-order valence-electron chi connectivity index (χ2n) is 4.35. The van der Waals surface area contributed by atoms with Gasteiger partial charge >= 0.3 is 5.97 Å². The first-order valence-corrected chi connectivity index (χ1v) is 6.60. The first-order valence-electron chi connectivity index (χ1n) is 6.60. The van der Waals surface area contributed by atoms with Gasteiger partial charge in [0.05, 0.1) is 18.6 Å². The molecule has 0 aliphatic heterocycles. The summed E-state index contributed by atoms with van der Waals surface area (Å²) in [5.41, 5.74) is 1.74. The quantitative estimate of drug-likeness (QED) is 0.820. The van der Waals surface area contributed by atoms with E-state index < -0.39 is 5.97 Å². The predicted molar refractivity (Wildman–Crippen MR) is 74.2 cm³/mol. The minimum absolute atomic E-state index is 0.0844. The lowest BCUT2D eigenvalue weighted by Gasteiger charge is -2.12. The lowest BCUT2D eigenvalue weighted by Crippen LogP contribution is -2.20. The van der Waals surface area contributed by atoms with Crippen molar-refractivity contribution in [3.63, 3.8) is 0 Å². The molecule has 106 valence electrons. The molecule has 5 nitrogen and oxygen atoms in total. The average molecular weight is 274 g/mol. The number of carbonyl (C=O) groups is 1. The van der Waals surface area contributed by atoms with Gasteiger partial charge in [-0.15, -0.1) is 0 Å². The summed E-state index contributed by atoms with van der Waals surface area (Å²) >= 11 is 0. The number of ether oxygens (including phenoxy) is 1. The molecule has 1 N–H and O–H groups in total. The molecule has 0 bridgehead atoms. The molecule has 1 unspecified atom stereocenters. The van der Waals surface area contributed by atoms with Crippen LogP contribution < -0.4 is 5.32 Å². The molecule has 0 aliphatic rings. The molecule has 5 heteroatoms. The van der Waals surface area contributed by atoms with Crippen molar-refractivity contribution in [1.82, 2.24) is 10.3 Å². The molecule has 0 aliphatic carbocycles. The number of aromatic nitrogens is 1. The molecule has 2 aromatic rings. The summed E-state index contributed by atoms with van der Waals surface area (Å²) in [6.07, 6.45) is 3.25. The molecular weight excluding hydrogens is 256 g/mol. The minimum Gasteiger partial charge on any atom is -0.460 e. The molecular formula is C15H18N2O3. The van der Waals surface area contributed by atoms with E-state index in [1.807, 2.05) is 25.1 Å². The van der Waals surface area contributed by atoms with Crippen LogP contribution in [0, 0.1) is 0 Å². The maximum absolute atomic E-state index is 11.7. The van der Waals surface area contributed by atoms with Crippen LogP contribution in [0.15, 0.2) is 41.1 Å². The maximum atomic E-state index is 11.7. The number of rotatable bonds is 6. The van der Waals surface area contributed by atoms with Crippen LogP contribution in [0.4, 0.5) is 0 Å². The Balaban J connectivity index is 1.98. The van der Waals surface area contributed by atoms with Gasteiger partial charge in [0.25, 0.3) is 0 Å². The van der Waals surface area contributed by atoms with Crippen LogP contribution in [0.5, 0.6) is 0 Å². The van der Waals surface area contributed by atoms with Crippen molar-refractivity contribution in [3.05, 3.63) is 53.7 Å². The zero-order chi connectivity index (χ0) is 14.4. The van der Waals surface area contributed by atoms with Crippen molar-refractivity contribution in [2.24, 2.45) is 0 Å². The van der Waals surface area contributed by atoms with Crippen LogP contribution in [-0.2, 0) is 11.3 Å². The molecule has 0 aromatic carbocycles. The summed E-state index contributed by atoms with van der Waals surface area (Å²) in [7, 11) is 0. The highest BCUT2D eigenvalue weighted by Crippen LogP contribution is 2.14. The van der Waals surface area contributed by atoms with E-state index in [0.29, 0.717) is 13.2 Å². The summed E-state index contributed by atoms with van der Waals surface area (Å²) in [6, 6.07) is 7.64. The highest BCUT2D eigenvalue weighted by Gasteiger charge is 2.17. The van der Waals surface area contributed by atoms with Crippen molar-refractivity contribution < 1.29 is 13.9 Å². The maximum Gasteiger partial charge on any atom is 0.374 e. The van der Waals surface area contributed by atoms with Gasteiger partial charge in [-0.3, -0.25) is 4.98 Å². The van der Waals surface area contributed by atoms with Gasteiger partial charge in [0, 0.05) is 24.3 Å². The predicted octanol–water partition coefficient (Wildman–Crippen LogP) is 2.70. The molecule has 0 radical (unpaired) electrons. The molecule has 0 spiro atoms. The molecule has 0 fully saturated rings. The first kappa shape index (κ1) is 14.3. The smallest absolute Gasteiger partial charge is 0.374 e. The Morgan fingerprint density at radius 3 is 3.00 bits per heavy atom. The molecule has 20 heavy (non-hydrogen) atoms. The largest absolute Gasteiger partial charge is 0.460 e. The molecule has 2 aromatic heterocycles. The van der Waals surface area contributed by atoms with Crippen molar-refractivity contribution in [1.29, 1.82) is 0 Å².